The summed E-state index contributed by atoms with van der Waals surface area (Å²) in [5.74, 6) is -1.43. The van der Waals surface area contributed by atoms with E-state index < -0.39 is 23.6 Å². The predicted octanol–water partition coefficient (Wildman–Crippen LogP) is 0.680. The molecule has 0 radical (unpaired) electrons. The van der Waals surface area contributed by atoms with Gasteiger partial charge in [-0.25, -0.2) is 0 Å². The summed E-state index contributed by atoms with van der Waals surface area (Å²) in [5.41, 5.74) is -2.13. The van der Waals surface area contributed by atoms with E-state index in [2.05, 4.69) is 5.32 Å². The highest BCUT2D eigenvalue weighted by Gasteiger charge is 2.66. The Balaban J connectivity index is 2.62. The summed E-state index contributed by atoms with van der Waals surface area (Å²) in [7, 11) is 0. The molecule has 1 aliphatic heterocycles. The topological polar surface area (TPSA) is 72.0 Å². The van der Waals surface area contributed by atoms with Crippen LogP contribution in [0.15, 0.2) is 12.1 Å². The second-order valence-electron chi connectivity index (χ2n) is 5.59. The molecule has 1 atom stereocenters. The Kier molecular flexibility index (Phi) is 4.39. The molecule has 1 fully saturated rings. The van der Waals surface area contributed by atoms with Gasteiger partial charge in [-0.1, -0.05) is 0 Å². The average molecular weight is 331 g/mol. The molecular formula is C15H18F3N2O3+. The Morgan fingerprint density at radius 2 is 1.87 bits per heavy atom. The van der Waals surface area contributed by atoms with Gasteiger partial charge in [0.05, 0.1) is 13.1 Å². The summed E-state index contributed by atoms with van der Waals surface area (Å²) in [6.45, 7) is 4.60. The van der Waals surface area contributed by atoms with Gasteiger partial charge in [0.15, 0.2) is 0 Å². The SMILES string of the molecule is CC(=O)Oc1c(C)cc([C@@]2(C(F)(F)F)[NH2+]CCNC2=O)cc1C. The fourth-order valence-corrected chi connectivity index (χ4v) is 2.85. The van der Waals surface area contributed by atoms with E-state index in [1.165, 1.54) is 19.1 Å². The van der Waals surface area contributed by atoms with Crippen molar-refractivity contribution in [2.45, 2.75) is 32.5 Å². The van der Waals surface area contributed by atoms with Crippen molar-refractivity contribution < 1.29 is 32.8 Å². The summed E-state index contributed by atoms with van der Waals surface area (Å²) in [6, 6.07) is 2.50. The average Bonchev–Trinajstić information content (AvgIpc) is 2.41. The van der Waals surface area contributed by atoms with E-state index >= 15 is 0 Å². The lowest BCUT2D eigenvalue weighted by molar-refractivity contribution is -0.750. The Morgan fingerprint density at radius 3 is 2.30 bits per heavy atom. The van der Waals surface area contributed by atoms with Gasteiger partial charge in [0.1, 0.15) is 5.75 Å². The van der Waals surface area contributed by atoms with Crippen molar-refractivity contribution >= 4 is 11.9 Å². The van der Waals surface area contributed by atoms with E-state index in [0.29, 0.717) is 11.1 Å². The van der Waals surface area contributed by atoms with Crippen LogP contribution in [0.3, 0.4) is 0 Å². The Labute approximate surface area is 131 Å². The first kappa shape index (κ1) is 17.3. The van der Waals surface area contributed by atoms with Crippen LogP contribution in [0.5, 0.6) is 5.75 Å². The minimum absolute atomic E-state index is 0.120. The van der Waals surface area contributed by atoms with E-state index in [0.717, 1.165) is 5.32 Å². The molecule has 0 aromatic heterocycles. The fourth-order valence-electron chi connectivity index (χ4n) is 2.85. The smallest absolute Gasteiger partial charge is 0.426 e. The van der Waals surface area contributed by atoms with Crippen LogP contribution in [0.4, 0.5) is 13.2 Å². The second-order valence-corrected chi connectivity index (χ2v) is 5.59. The zero-order chi connectivity index (χ0) is 17.4. The molecule has 0 spiro atoms. The number of ether oxygens (including phenoxy) is 1. The molecule has 0 bridgehead atoms. The third-order valence-electron chi connectivity index (χ3n) is 3.85. The lowest BCUT2D eigenvalue weighted by Crippen LogP contribution is -3.04. The van der Waals surface area contributed by atoms with Gasteiger partial charge >= 0.3 is 12.1 Å². The first-order chi connectivity index (χ1) is 10.6. The first-order valence-corrected chi connectivity index (χ1v) is 7.09. The van der Waals surface area contributed by atoms with Crippen molar-refractivity contribution in [3.05, 3.63) is 28.8 Å². The number of aryl methyl sites for hydroxylation is 2. The summed E-state index contributed by atoms with van der Waals surface area (Å²) in [5, 5.41) is 3.29. The minimum Gasteiger partial charge on any atom is -0.426 e. The molecule has 1 aromatic carbocycles. The van der Waals surface area contributed by atoms with Crippen molar-refractivity contribution in [2.24, 2.45) is 0 Å². The third-order valence-corrected chi connectivity index (χ3v) is 3.85. The van der Waals surface area contributed by atoms with Gasteiger partial charge in [0, 0.05) is 12.5 Å². The molecule has 0 unspecified atom stereocenters. The van der Waals surface area contributed by atoms with E-state index in [1.807, 2.05) is 0 Å². The highest BCUT2D eigenvalue weighted by molar-refractivity contribution is 5.87. The van der Waals surface area contributed by atoms with Gasteiger partial charge in [-0.2, -0.15) is 13.2 Å². The molecule has 1 saturated heterocycles. The number of rotatable bonds is 2. The van der Waals surface area contributed by atoms with Crippen LogP contribution in [0.1, 0.15) is 23.6 Å². The molecule has 3 N–H and O–H groups in total. The standard InChI is InChI=1S/C15H17F3N2O3/c1-8-6-11(7-9(2)12(8)23-10(3)21)14(15(16,17)18)13(22)19-4-5-20-14/h6-7,20H,4-5H2,1-3H3,(H,19,22)/p+1/t14-/m1/s1. The van der Waals surface area contributed by atoms with Gasteiger partial charge in [0.2, 0.25) is 0 Å². The molecule has 23 heavy (non-hydrogen) atoms. The Morgan fingerprint density at radius 1 is 1.30 bits per heavy atom. The summed E-state index contributed by atoms with van der Waals surface area (Å²) in [6.07, 6.45) is -4.76. The Hall–Kier alpha value is -2.09. The molecule has 0 saturated carbocycles. The van der Waals surface area contributed by atoms with E-state index in [4.69, 9.17) is 4.74 Å². The van der Waals surface area contributed by atoms with Crippen molar-refractivity contribution in [2.75, 3.05) is 13.1 Å². The van der Waals surface area contributed by atoms with Crippen LogP contribution in [-0.4, -0.2) is 31.1 Å². The maximum atomic E-state index is 13.7. The van der Waals surface area contributed by atoms with Crippen molar-refractivity contribution in [3.8, 4) is 5.75 Å². The molecule has 1 aliphatic rings. The molecule has 126 valence electrons. The zero-order valence-corrected chi connectivity index (χ0v) is 13.0. The number of esters is 1. The molecular weight excluding hydrogens is 313 g/mol. The number of quaternary nitrogens is 1. The minimum atomic E-state index is -4.76. The van der Waals surface area contributed by atoms with Gasteiger partial charge in [-0.15, -0.1) is 0 Å². The van der Waals surface area contributed by atoms with Crippen LogP contribution < -0.4 is 15.4 Å². The number of halogens is 3. The lowest BCUT2D eigenvalue weighted by atomic mass is 9.84. The first-order valence-electron chi connectivity index (χ1n) is 7.09. The number of carbonyl (C=O) groups is 2. The highest BCUT2D eigenvalue weighted by atomic mass is 19.4. The normalized spacial score (nSPS) is 21.7. The number of benzene rings is 1. The van der Waals surface area contributed by atoms with Crippen LogP contribution in [0, 0.1) is 13.8 Å². The molecule has 8 heteroatoms. The summed E-state index contributed by atoms with van der Waals surface area (Å²) < 4.78 is 46.2. The van der Waals surface area contributed by atoms with Crippen molar-refractivity contribution in [3.63, 3.8) is 0 Å². The van der Waals surface area contributed by atoms with Crippen LogP contribution in [-0.2, 0) is 15.1 Å². The number of nitrogens with two attached hydrogens (primary N) is 1. The fraction of sp³-hybridized carbons (Fsp3) is 0.467. The molecule has 0 aliphatic carbocycles. The van der Waals surface area contributed by atoms with Gasteiger partial charge in [-0.05, 0) is 37.1 Å². The quantitative estimate of drug-likeness (QED) is 0.618. The molecule has 1 amide bonds. The number of amides is 1. The van der Waals surface area contributed by atoms with Crippen molar-refractivity contribution in [1.82, 2.24) is 5.32 Å². The highest BCUT2D eigenvalue weighted by Crippen LogP contribution is 2.39. The maximum Gasteiger partial charge on any atom is 0.458 e. The number of hydrogen-bond donors (Lipinski definition) is 2. The molecule has 1 aromatic rings. The van der Waals surface area contributed by atoms with Crippen LogP contribution in [0.2, 0.25) is 0 Å². The largest absolute Gasteiger partial charge is 0.458 e. The predicted molar refractivity (Wildman–Crippen MR) is 74.8 cm³/mol. The molecule has 5 nitrogen and oxygen atoms in total. The lowest BCUT2D eigenvalue weighted by Gasteiger charge is -2.35. The number of piperazine rings is 1. The maximum absolute atomic E-state index is 13.7. The summed E-state index contributed by atoms with van der Waals surface area (Å²) in [4.78, 5) is 23.2. The van der Waals surface area contributed by atoms with Gasteiger partial charge < -0.3 is 15.4 Å². The van der Waals surface area contributed by atoms with E-state index in [9.17, 15) is 22.8 Å². The number of hydrogen-bond acceptors (Lipinski definition) is 3. The van der Waals surface area contributed by atoms with Crippen LogP contribution in [0.25, 0.3) is 0 Å². The summed E-state index contributed by atoms with van der Waals surface area (Å²) >= 11 is 0. The van der Waals surface area contributed by atoms with Crippen LogP contribution >= 0.6 is 0 Å². The van der Waals surface area contributed by atoms with E-state index in [1.54, 1.807) is 13.8 Å². The Bertz CT molecular complexity index is 635. The van der Waals surface area contributed by atoms with Gasteiger partial charge in [0.25, 0.3) is 11.4 Å². The molecule has 2 rings (SSSR count). The van der Waals surface area contributed by atoms with E-state index in [-0.39, 0.29) is 24.4 Å². The third kappa shape index (κ3) is 2.90. The number of alkyl halides is 3. The zero-order valence-electron chi connectivity index (χ0n) is 13.0. The number of nitrogens with one attached hydrogen (secondary N) is 1. The number of carbonyl (C=O) groups excluding carboxylic acids is 2. The monoisotopic (exact) mass is 331 g/mol. The molecule has 1 heterocycles. The van der Waals surface area contributed by atoms with Crippen molar-refractivity contribution in [1.29, 1.82) is 0 Å². The van der Waals surface area contributed by atoms with Gasteiger partial charge in [-0.3, -0.25) is 9.59 Å². The second kappa shape index (κ2) is 5.84.